The summed E-state index contributed by atoms with van der Waals surface area (Å²) in [6.45, 7) is -1.41. The number of halogens is 2. The lowest BCUT2D eigenvalue weighted by Gasteiger charge is -2.10. The van der Waals surface area contributed by atoms with Crippen LogP contribution in [-0.2, 0) is 0 Å². The molecule has 0 fully saturated rings. The Bertz CT molecular complexity index is 723. The van der Waals surface area contributed by atoms with Crippen molar-refractivity contribution in [3.05, 3.63) is 58.0 Å². The highest BCUT2D eigenvalue weighted by Crippen LogP contribution is 2.17. The summed E-state index contributed by atoms with van der Waals surface area (Å²) in [5.41, 5.74) is -0.319. The van der Waals surface area contributed by atoms with Gasteiger partial charge in [-0.25, -0.2) is 4.79 Å². The number of hydrogen-bond acceptors (Lipinski definition) is 3. The predicted molar refractivity (Wildman–Crippen MR) is 70.4 cm³/mol. The fourth-order valence-corrected chi connectivity index (χ4v) is 1.88. The Morgan fingerprint density at radius 1 is 1.24 bits per heavy atom. The van der Waals surface area contributed by atoms with Gasteiger partial charge >= 0.3 is 12.6 Å². The Morgan fingerprint density at radius 3 is 2.38 bits per heavy atom. The fourth-order valence-electron chi connectivity index (χ4n) is 1.88. The summed E-state index contributed by atoms with van der Waals surface area (Å²) in [7, 11) is 0. The van der Waals surface area contributed by atoms with Crippen LogP contribution in [0.2, 0.25) is 0 Å². The molecule has 1 aromatic carbocycles. The number of alkyl halides is 2. The van der Waals surface area contributed by atoms with Gasteiger partial charge in [0, 0.05) is 11.9 Å². The summed E-state index contributed by atoms with van der Waals surface area (Å²) in [6, 6.07) is 6.82. The number of aromatic carboxylic acids is 1. The minimum Gasteiger partial charge on any atom is -0.477 e. The molecule has 1 N–H and O–H groups in total. The molecule has 0 saturated heterocycles. The topological polar surface area (TPSA) is 68.5 Å². The molecule has 2 aromatic rings. The monoisotopic (exact) mass is 295 g/mol. The van der Waals surface area contributed by atoms with Crippen LogP contribution < -0.4 is 10.3 Å². The Kier molecular flexibility index (Phi) is 4.02. The van der Waals surface area contributed by atoms with E-state index in [-0.39, 0.29) is 11.3 Å². The fraction of sp³-hybridized carbons (Fsp3) is 0.143. The molecule has 0 aliphatic heterocycles. The van der Waals surface area contributed by atoms with Gasteiger partial charge in [-0.3, -0.25) is 9.36 Å². The molecular formula is C14H11F2NO4. The molecule has 0 radical (unpaired) electrons. The Balaban J connectivity index is 2.46. The summed E-state index contributed by atoms with van der Waals surface area (Å²) in [6.07, 6.45) is 1.42. The van der Waals surface area contributed by atoms with Crippen molar-refractivity contribution in [1.82, 2.24) is 4.57 Å². The van der Waals surface area contributed by atoms with Gasteiger partial charge in [0.2, 0.25) is 0 Å². The molecule has 0 unspecified atom stereocenters. The molecule has 0 aliphatic rings. The molecule has 0 amide bonds. The smallest absolute Gasteiger partial charge is 0.387 e. The van der Waals surface area contributed by atoms with Gasteiger partial charge in [0.05, 0.1) is 0 Å². The first-order valence-electron chi connectivity index (χ1n) is 5.91. The molecule has 2 rings (SSSR count). The van der Waals surface area contributed by atoms with Crippen molar-refractivity contribution in [2.24, 2.45) is 0 Å². The van der Waals surface area contributed by atoms with Crippen LogP contribution in [0.15, 0.2) is 41.3 Å². The number of carboxylic acid groups (broad SMARTS) is 1. The molecule has 110 valence electrons. The molecule has 1 heterocycles. The van der Waals surface area contributed by atoms with Crippen LogP contribution in [0, 0.1) is 6.92 Å². The second-order valence-corrected chi connectivity index (χ2v) is 4.23. The quantitative estimate of drug-likeness (QED) is 0.940. The lowest BCUT2D eigenvalue weighted by molar-refractivity contribution is -0.0498. The van der Waals surface area contributed by atoms with E-state index in [0.29, 0.717) is 11.3 Å². The van der Waals surface area contributed by atoms with Crippen LogP contribution in [0.3, 0.4) is 0 Å². The average molecular weight is 295 g/mol. The maximum absolute atomic E-state index is 12.1. The summed E-state index contributed by atoms with van der Waals surface area (Å²) < 4.78 is 29.4. The van der Waals surface area contributed by atoms with E-state index in [9.17, 15) is 18.4 Å². The molecule has 0 aliphatic carbocycles. The van der Waals surface area contributed by atoms with E-state index in [1.54, 1.807) is 0 Å². The zero-order chi connectivity index (χ0) is 15.6. The van der Waals surface area contributed by atoms with Crippen LogP contribution in [-0.4, -0.2) is 22.3 Å². The largest absolute Gasteiger partial charge is 0.477 e. The number of carboxylic acids is 1. The Hall–Kier alpha value is -2.70. The number of ether oxygens (including phenoxy) is 1. The Labute approximate surface area is 118 Å². The minimum atomic E-state index is -2.93. The summed E-state index contributed by atoms with van der Waals surface area (Å²) >= 11 is 0. The molecule has 0 atom stereocenters. The van der Waals surface area contributed by atoms with E-state index in [4.69, 9.17) is 5.11 Å². The van der Waals surface area contributed by atoms with Crippen molar-refractivity contribution in [3.63, 3.8) is 0 Å². The molecule has 1 aromatic heterocycles. The van der Waals surface area contributed by atoms with Gasteiger partial charge in [0.15, 0.2) is 0 Å². The van der Waals surface area contributed by atoms with Gasteiger partial charge in [-0.2, -0.15) is 8.78 Å². The number of carbonyl (C=O) groups is 1. The van der Waals surface area contributed by atoms with Gasteiger partial charge in [-0.15, -0.1) is 0 Å². The van der Waals surface area contributed by atoms with Crippen LogP contribution in [0.1, 0.15) is 15.9 Å². The lowest BCUT2D eigenvalue weighted by Crippen LogP contribution is -2.26. The molecule has 0 spiro atoms. The number of hydrogen-bond donors (Lipinski definition) is 1. The number of aryl methyl sites for hydroxylation is 1. The van der Waals surface area contributed by atoms with Crippen molar-refractivity contribution >= 4 is 5.97 Å². The molecule has 0 saturated carbocycles. The Morgan fingerprint density at radius 2 is 1.86 bits per heavy atom. The highest BCUT2D eigenvalue weighted by Gasteiger charge is 2.15. The van der Waals surface area contributed by atoms with Gasteiger partial charge in [-0.1, -0.05) is 0 Å². The molecule has 0 bridgehead atoms. The second-order valence-electron chi connectivity index (χ2n) is 4.23. The number of benzene rings is 1. The van der Waals surface area contributed by atoms with Crippen LogP contribution in [0.4, 0.5) is 8.78 Å². The third kappa shape index (κ3) is 3.07. The van der Waals surface area contributed by atoms with Crippen LogP contribution in [0.5, 0.6) is 5.75 Å². The molecule has 21 heavy (non-hydrogen) atoms. The number of nitrogens with zero attached hydrogens (tertiary/aromatic N) is 1. The van der Waals surface area contributed by atoms with Crippen molar-refractivity contribution in [3.8, 4) is 11.4 Å². The maximum atomic E-state index is 12.1. The van der Waals surface area contributed by atoms with Gasteiger partial charge in [0.25, 0.3) is 5.56 Å². The first-order chi connectivity index (χ1) is 9.90. The highest BCUT2D eigenvalue weighted by atomic mass is 19.3. The van der Waals surface area contributed by atoms with Gasteiger partial charge in [0.1, 0.15) is 11.3 Å². The third-order valence-electron chi connectivity index (χ3n) is 2.85. The standard InChI is InChI=1S/C14H11F2NO4/c1-8-6-7-17(12(18)11(8)13(19)20)9-2-4-10(5-3-9)21-14(15)16/h2-7,14H,1H3,(H,19,20). The van der Waals surface area contributed by atoms with E-state index in [2.05, 4.69) is 4.74 Å². The van der Waals surface area contributed by atoms with E-state index < -0.39 is 18.1 Å². The number of rotatable bonds is 4. The van der Waals surface area contributed by atoms with Crippen molar-refractivity contribution in [2.75, 3.05) is 0 Å². The minimum absolute atomic E-state index is 0.0487. The molecule has 5 nitrogen and oxygen atoms in total. The summed E-state index contributed by atoms with van der Waals surface area (Å²) in [4.78, 5) is 23.2. The maximum Gasteiger partial charge on any atom is 0.387 e. The van der Waals surface area contributed by atoms with Gasteiger partial charge in [-0.05, 0) is 42.8 Å². The number of aromatic nitrogens is 1. The van der Waals surface area contributed by atoms with E-state index in [0.717, 1.165) is 4.57 Å². The zero-order valence-electron chi connectivity index (χ0n) is 10.9. The van der Waals surface area contributed by atoms with Crippen molar-refractivity contribution in [1.29, 1.82) is 0 Å². The predicted octanol–water partition coefficient (Wildman–Crippen LogP) is 2.45. The normalized spacial score (nSPS) is 10.7. The molecular weight excluding hydrogens is 284 g/mol. The van der Waals surface area contributed by atoms with Crippen molar-refractivity contribution in [2.45, 2.75) is 13.5 Å². The average Bonchev–Trinajstić information content (AvgIpc) is 2.39. The second kappa shape index (κ2) is 5.74. The third-order valence-corrected chi connectivity index (χ3v) is 2.85. The van der Waals surface area contributed by atoms with E-state index in [1.807, 2.05) is 0 Å². The SMILES string of the molecule is Cc1ccn(-c2ccc(OC(F)F)cc2)c(=O)c1C(=O)O. The van der Waals surface area contributed by atoms with Crippen molar-refractivity contribution < 1.29 is 23.4 Å². The lowest BCUT2D eigenvalue weighted by atomic mass is 10.1. The van der Waals surface area contributed by atoms with Crippen LogP contribution in [0.25, 0.3) is 5.69 Å². The highest BCUT2D eigenvalue weighted by molar-refractivity contribution is 5.88. The van der Waals surface area contributed by atoms with Crippen LogP contribution >= 0.6 is 0 Å². The zero-order valence-corrected chi connectivity index (χ0v) is 10.9. The van der Waals surface area contributed by atoms with Gasteiger partial charge < -0.3 is 9.84 Å². The summed E-state index contributed by atoms with van der Waals surface area (Å²) in [5, 5.41) is 9.04. The van der Waals surface area contributed by atoms with E-state index >= 15 is 0 Å². The first kappa shape index (κ1) is 14.7. The molecule has 7 heteroatoms. The number of pyridine rings is 1. The summed E-state index contributed by atoms with van der Waals surface area (Å²) in [5.74, 6) is -1.36. The first-order valence-corrected chi connectivity index (χ1v) is 5.91. The van der Waals surface area contributed by atoms with E-state index in [1.165, 1.54) is 43.5 Å².